The van der Waals surface area contributed by atoms with Gasteiger partial charge >= 0.3 is 0 Å². The minimum atomic E-state index is 0.0294. The summed E-state index contributed by atoms with van der Waals surface area (Å²) in [5, 5.41) is 21.9. The number of aryl methyl sites for hydroxylation is 1. The SMILES string of the molecule is Cc1ccc(O)c(CN[C@H](CO)C(C)C)n1. The van der Waals surface area contributed by atoms with Crippen molar-refractivity contribution in [3.63, 3.8) is 0 Å². The van der Waals surface area contributed by atoms with Gasteiger partial charge in [0.2, 0.25) is 0 Å². The molecular formula is C12H20N2O2. The van der Waals surface area contributed by atoms with E-state index in [2.05, 4.69) is 10.3 Å². The Morgan fingerprint density at radius 3 is 2.62 bits per heavy atom. The van der Waals surface area contributed by atoms with E-state index in [9.17, 15) is 5.11 Å². The zero-order valence-electron chi connectivity index (χ0n) is 10.1. The first kappa shape index (κ1) is 12.9. The number of aliphatic hydroxyl groups is 1. The lowest BCUT2D eigenvalue weighted by molar-refractivity contribution is 0.209. The fourth-order valence-electron chi connectivity index (χ4n) is 1.47. The number of nitrogens with one attached hydrogen (secondary N) is 1. The van der Waals surface area contributed by atoms with Crippen LogP contribution in [-0.2, 0) is 6.54 Å². The maximum Gasteiger partial charge on any atom is 0.138 e. The molecule has 0 fully saturated rings. The van der Waals surface area contributed by atoms with E-state index in [-0.39, 0.29) is 18.4 Å². The van der Waals surface area contributed by atoms with Gasteiger partial charge in [0.1, 0.15) is 5.75 Å². The summed E-state index contributed by atoms with van der Waals surface area (Å²) in [5.74, 6) is 0.537. The van der Waals surface area contributed by atoms with Crippen molar-refractivity contribution in [3.8, 4) is 5.75 Å². The van der Waals surface area contributed by atoms with Crippen LogP contribution in [0.25, 0.3) is 0 Å². The third-order valence-electron chi connectivity index (χ3n) is 2.62. The summed E-state index contributed by atoms with van der Waals surface area (Å²) in [6, 6.07) is 3.44. The minimum absolute atomic E-state index is 0.0294. The Kier molecular flexibility index (Phi) is 4.71. The second-order valence-electron chi connectivity index (χ2n) is 4.33. The molecule has 1 aromatic rings. The van der Waals surface area contributed by atoms with Crippen LogP contribution in [0, 0.1) is 12.8 Å². The predicted molar refractivity (Wildman–Crippen MR) is 63.2 cm³/mol. The minimum Gasteiger partial charge on any atom is -0.506 e. The summed E-state index contributed by atoms with van der Waals surface area (Å²) in [5.41, 5.74) is 1.50. The number of hydrogen-bond acceptors (Lipinski definition) is 4. The van der Waals surface area contributed by atoms with Gasteiger partial charge in [0, 0.05) is 18.3 Å². The molecule has 1 heterocycles. The molecule has 4 heteroatoms. The molecule has 16 heavy (non-hydrogen) atoms. The van der Waals surface area contributed by atoms with Gasteiger partial charge < -0.3 is 15.5 Å². The van der Waals surface area contributed by atoms with Crippen LogP contribution < -0.4 is 5.32 Å². The second-order valence-corrected chi connectivity index (χ2v) is 4.33. The molecule has 0 aromatic carbocycles. The second kappa shape index (κ2) is 5.82. The summed E-state index contributed by atoms with van der Waals surface area (Å²) in [6.07, 6.45) is 0. The van der Waals surface area contributed by atoms with Crippen LogP contribution in [0.1, 0.15) is 25.2 Å². The van der Waals surface area contributed by atoms with Crippen LogP contribution in [0.15, 0.2) is 12.1 Å². The Morgan fingerprint density at radius 2 is 2.06 bits per heavy atom. The van der Waals surface area contributed by atoms with Crippen molar-refractivity contribution in [3.05, 3.63) is 23.5 Å². The molecule has 0 aliphatic rings. The van der Waals surface area contributed by atoms with E-state index in [4.69, 9.17) is 5.11 Å². The summed E-state index contributed by atoms with van der Waals surface area (Å²) in [4.78, 5) is 4.24. The highest BCUT2D eigenvalue weighted by atomic mass is 16.3. The Hall–Kier alpha value is -1.13. The highest BCUT2D eigenvalue weighted by molar-refractivity contribution is 5.27. The maximum absolute atomic E-state index is 9.59. The van der Waals surface area contributed by atoms with Crippen LogP contribution in [0.3, 0.4) is 0 Å². The van der Waals surface area contributed by atoms with Gasteiger partial charge in [-0.3, -0.25) is 4.98 Å². The van der Waals surface area contributed by atoms with Crippen LogP contribution in [0.4, 0.5) is 0 Å². The van der Waals surface area contributed by atoms with E-state index in [1.807, 2.05) is 20.8 Å². The van der Waals surface area contributed by atoms with Gasteiger partial charge in [-0.15, -0.1) is 0 Å². The molecule has 0 bridgehead atoms. The number of aliphatic hydroxyl groups excluding tert-OH is 1. The number of nitrogens with zero attached hydrogens (tertiary/aromatic N) is 1. The standard InChI is InChI=1S/C12H20N2O2/c1-8(2)11(7-15)13-6-10-12(16)5-4-9(3)14-10/h4-5,8,11,13,15-16H,6-7H2,1-3H3/t11-/m1/s1. The van der Waals surface area contributed by atoms with Crippen molar-refractivity contribution in [1.29, 1.82) is 0 Å². The van der Waals surface area contributed by atoms with Gasteiger partial charge in [-0.1, -0.05) is 13.8 Å². The first-order valence-corrected chi connectivity index (χ1v) is 5.54. The quantitative estimate of drug-likeness (QED) is 0.703. The number of rotatable bonds is 5. The largest absolute Gasteiger partial charge is 0.506 e. The molecule has 0 aliphatic heterocycles. The predicted octanol–water partition coefficient (Wildman–Crippen LogP) is 1.20. The zero-order chi connectivity index (χ0) is 12.1. The fourth-order valence-corrected chi connectivity index (χ4v) is 1.47. The Morgan fingerprint density at radius 1 is 1.38 bits per heavy atom. The lowest BCUT2D eigenvalue weighted by Gasteiger charge is -2.19. The lowest BCUT2D eigenvalue weighted by Crippen LogP contribution is -2.36. The van der Waals surface area contributed by atoms with E-state index in [1.54, 1.807) is 12.1 Å². The summed E-state index contributed by atoms with van der Waals surface area (Å²) in [6.45, 7) is 6.52. The normalized spacial score (nSPS) is 13.1. The number of aromatic hydroxyl groups is 1. The molecule has 0 saturated heterocycles. The summed E-state index contributed by atoms with van der Waals surface area (Å²) in [7, 11) is 0. The van der Waals surface area contributed by atoms with Crippen molar-refractivity contribution in [2.24, 2.45) is 5.92 Å². The molecule has 0 aliphatic carbocycles. The summed E-state index contributed by atoms with van der Waals surface area (Å²) < 4.78 is 0. The number of hydrogen-bond donors (Lipinski definition) is 3. The molecule has 4 nitrogen and oxygen atoms in total. The summed E-state index contributed by atoms with van der Waals surface area (Å²) >= 11 is 0. The molecule has 1 aromatic heterocycles. The van der Waals surface area contributed by atoms with E-state index in [0.29, 0.717) is 18.2 Å². The highest BCUT2D eigenvalue weighted by Crippen LogP contribution is 2.14. The average Bonchev–Trinajstić information content (AvgIpc) is 2.23. The van der Waals surface area contributed by atoms with Gasteiger partial charge in [-0.2, -0.15) is 0 Å². The molecular weight excluding hydrogens is 204 g/mol. The third-order valence-corrected chi connectivity index (χ3v) is 2.62. The fraction of sp³-hybridized carbons (Fsp3) is 0.583. The molecule has 0 unspecified atom stereocenters. The number of aromatic nitrogens is 1. The van der Waals surface area contributed by atoms with Crippen LogP contribution >= 0.6 is 0 Å². The molecule has 0 saturated carbocycles. The van der Waals surface area contributed by atoms with Gasteiger partial charge in [0.15, 0.2) is 0 Å². The molecule has 0 radical (unpaired) electrons. The van der Waals surface area contributed by atoms with Crippen LogP contribution in [-0.4, -0.2) is 27.8 Å². The smallest absolute Gasteiger partial charge is 0.138 e. The maximum atomic E-state index is 9.59. The first-order chi connectivity index (χ1) is 7.54. The molecule has 90 valence electrons. The number of pyridine rings is 1. The van der Waals surface area contributed by atoms with E-state index in [1.165, 1.54) is 0 Å². The molecule has 0 amide bonds. The molecule has 3 N–H and O–H groups in total. The average molecular weight is 224 g/mol. The van der Waals surface area contributed by atoms with Crippen molar-refractivity contribution < 1.29 is 10.2 Å². The Balaban J connectivity index is 2.63. The topological polar surface area (TPSA) is 65.4 Å². The van der Waals surface area contributed by atoms with Crippen molar-refractivity contribution in [2.75, 3.05) is 6.61 Å². The Bertz CT molecular complexity index is 340. The Labute approximate surface area is 96.3 Å². The van der Waals surface area contributed by atoms with Crippen molar-refractivity contribution >= 4 is 0 Å². The van der Waals surface area contributed by atoms with Gasteiger partial charge in [-0.05, 0) is 25.0 Å². The monoisotopic (exact) mass is 224 g/mol. The van der Waals surface area contributed by atoms with Gasteiger partial charge in [-0.25, -0.2) is 0 Å². The van der Waals surface area contributed by atoms with E-state index >= 15 is 0 Å². The van der Waals surface area contributed by atoms with Gasteiger partial charge in [0.05, 0.1) is 12.3 Å². The lowest BCUT2D eigenvalue weighted by atomic mass is 10.1. The van der Waals surface area contributed by atoms with E-state index in [0.717, 1.165) is 5.69 Å². The van der Waals surface area contributed by atoms with Crippen LogP contribution in [0.5, 0.6) is 5.75 Å². The third kappa shape index (κ3) is 3.47. The van der Waals surface area contributed by atoms with Crippen molar-refractivity contribution in [2.45, 2.75) is 33.4 Å². The zero-order valence-corrected chi connectivity index (χ0v) is 10.1. The van der Waals surface area contributed by atoms with Crippen molar-refractivity contribution in [1.82, 2.24) is 10.3 Å². The molecule has 1 atom stereocenters. The molecule has 1 rings (SSSR count). The van der Waals surface area contributed by atoms with Crippen LogP contribution in [0.2, 0.25) is 0 Å². The molecule has 0 spiro atoms. The van der Waals surface area contributed by atoms with Gasteiger partial charge in [0.25, 0.3) is 0 Å². The highest BCUT2D eigenvalue weighted by Gasteiger charge is 2.12. The first-order valence-electron chi connectivity index (χ1n) is 5.54. The van der Waals surface area contributed by atoms with E-state index < -0.39 is 0 Å².